The van der Waals surface area contributed by atoms with E-state index < -0.39 is 0 Å². The van der Waals surface area contributed by atoms with Crippen LogP contribution in [0, 0.1) is 0 Å². The Labute approximate surface area is 175 Å². The maximum Gasteiger partial charge on any atom is 0.262 e. The maximum atomic E-state index is 12.7. The number of hydrogen-bond donors (Lipinski definition) is 2. The van der Waals surface area contributed by atoms with Crippen molar-refractivity contribution in [2.75, 3.05) is 23.0 Å². The summed E-state index contributed by atoms with van der Waals surface area (Å²) in [7, 11) is 0. The highest BCUT2D eigenvalue weighted by Gasteiger charge is 2.18. The number of nitrogens with one attached hydrogen (secondary N) is 2. The van der Waals surface area contributed by atoms with E-state index in [4.69, 9.17) is 4.74 Å². The van der Waals surface area contributed by atoms with Gasteiger partial charge in [-0.05, 0) is 36.4 Å². The minimum absolute atomic E-state index is 0.0328. The highest BCUT2D eigenvalue weighted by atomic mass is 32.2. The fourth-order valence-corrected chi connectivity index (χ4v) is 3.73. The van der Waals surface area contributed by atoms with Gasteiger partial charge in [-0.2, -0.15) is 0 Å². The molecule has 1 aliphatic rings. The van der Waals surface area contributed by atoms with Crippen molar-refractivity contribution in [1.82, 2.24) is 14.8 Å². The molecule has 0 saturated carbocycles. The zero-order valence-electron chi connectivity index (χ0n) is 15.9. The lowest BCUT2D eigenvalue weighted by atomic mass is 10.1. The molecular formula is C20H17N5O4S. The normalized spacial score (nSPS) is 12.5. The lowest BCUT2D eigenvalue weighted by Gasteiger charge is -2.18. The van der Waals surface area contributed by atoms with Crippen LogP contribution in [0.3, 0.4) is 0 Å². The molecule has 0 bridgehead atoms. The molecule has 0 saturated heterocycles. The minimum atomic E-state index is -0.254. The first-order valence-corrected chi connectivity index (χ1v) is 9.99. The number of carbonyl (C=O) groups excluding carboxylic acids is 3. The molecule has 2 heterocycles. The number of nitrogens with zero attached hydrogens (tertiary/aromatic N) is 3. The monoisotopic (exact) mass is 423 g/mol. The third-order valence-electron chi connectivity index (χ3n) is 4.23. The summed E-state index contributed by atoms with van der Waals surface area (Å²) in [6.45, 7) is 1.41. The van der Waals surface area contributed by atoms with Gasteiger partial charge in [0.15, 0.2) is 17.5 Å². The van der Waals surface area contributed by atoms with E-state index in [1.54, 1.807) is 41.2 Å². The number of anilines is 2. The quantitative estimate of drug-likeness (QED) is 0.462. The highest BCUT2D eigenvalue weighted by molar-refractivity contribution is 7.99. The van der Waals surface area contributed by atoms with Gasteiger partial charge in [0.2, 0.25) is 5.91 Å². The van der Waals surface area contributed by atoms with Crippen LogP contribution in [0.1, 0.15) is 17.3 Å². The van der Waals surface area contributed by atoms with Gasteiger partial charge >= 0.3 is 0 Å². The number of ketones is 1. The van der Waals surface area contributed by atoms with Crippen molar-refractivity contribution < 1.29 is 19.1 Å². The minimum Gasteiger partial charge on any atom is -0.482 e. The van der Waals surface area contributed by atoms with Crippen LogP contribution in [0.25, 0.3) is 5.69 Å². The molecule has 2 N–H and O–H groups in total. The van der Waals surface area contributed by atoms with Crippen LogP contribution in [-0.4, -0.2) is 44.7 Å². The van der Waals surface area contributed by atoms with E-state index in [1.165, 1.54) is 18.7 Å². The first-order valence-electron chi connectivity index (χ1n) is 9.00. The molecule has 3 aromatic rings. The molecular weight excluding hydrogens is 406 g/mol. The van der Waals surface area contributed by atoms with Crippen molar-refractivity contribution in [3.05, 3.63) is 54.4 Å². The largest absolute Gasteiger partial charge is 0.482 e. The molecule has 2 aromatic carbocycles. The standard InChI is InChI=1S/C20H17N5O4S/c1-12(26)22-14-3-2-4-15(8-14)25-11-21-24-20(25)30-10-17(27)13-5-6-18-16(7-13)23-19(28)9-29-18/h2-8,11H,9-10H2,1H3,(H,22,26)(H,23,28). The lowest BCUT2D eigenvalue weighted by Crippen LogP contribution is -2.25. The summed E-state index contributed by atoms with van der Waals surface area (Å²) in [5, 5.41) is 14.0. The SMILES string of the molecule is CC(=O)Nc1cccc(-n2cnnc2SCC(=O)c2ccc3c(c2)NC(=O)CO3)c1. The van der Waals surface area contributed by atoms with Crippen molar-refractivity contribution >= 4 is 40.7 Å². The molecule has 1 aromatic heterocycles. The predicted octanol–water partition coefficient (Wildman–Crippen LogP) is 2.53. The molecule has 0 unspecified atom stereocenters. The Bertz CT molecular complexity index is 1140. The van der Waals surface area contributed by atoms with Crippen molar-refractivity contribution in [2.45, 2.75) is 12.1 Å². The van der Waals surface area contributed by atoms with Crippen LogP contribution in [-0.2, 0) is 9.59 Å². The van der Waals surface area contributed by atoms with Crippen LogP contribution in [0.2, 0.25) is 0 Å². The highest BCUT2D eigenvalue weighted by Crippen LogP contribution is 2.29. The fraction of sp³-hybridized carbons (Fsp3) is 0.150. The summed E-state index contributed by atoms with van der Waals surface area (Å²) in [5.74, 6) is 0.137. The van der Waals surface area contributed by atoms with E-state index in [1.807, 2.05) is 12.1 Å². The Kier molecular flexibility index (Phi) is 5.48. The average Bonchev–Trinajstić information content (AvgIpc) is 3.20. The molecule has 9 nitrogen and oxygen atoms in total. The Balaban J connectivity index is 1.47. The molecule has 0 radical (unpaired) electrons. The van der Waals surface area contributed by atoms with E-state index in [-0.39, 0.29) is 30.0 Å². The molecule has 1 aliphatic heterocycles. The first-order chi connectivity index (χ1) is 14.5. The predicted molar refractivity (Wildman–Crippen MR) is 111 cm³/mol. The van der Waals surface area contributed by atoms with Crippen LogP contribution in [0.4, 0.5) is 11.4 Å². The topological polar surface area (TPSA) is 115 Å². The molecule has 4 rings (SSSR count). The van der Waals surface area contributed by atoms with Gasteiger partial charge in [-0.3, -0.25) is 19.0 Å². The maximum absolute atomic E-state index is 12.7. The number of Topliss-reactive ketones (excluding diaryl/α,β-unsaturated/α-hetero) is 1. The van der Waals surface area contributed by atoms with Crippen LogP contribution in [0.15, 0.2) is 53.9 Å². The Morgan fingerprint density at radius 3 is 2.97 bits per heavy atom. The number of rotatable bonds is 6. The third-order valence-corrected chi connectivity index (χ3v) is 5.17. The summed E-state index contributed by atoms with van der Waals surface area (Å²) in [4.78, 5) is 35.4. The van der Waals surface area contributed by atoms with Gasteiger partial charge in [0.25, 0.3) is 5.91 Å². The van der Waals surface area contributed by atoms with Gasteiger partial charge in [-0.1, -0.05) is 17.8 Å². The van der Waals surface area contributed by atoms with E-state index in [0.29, 0.717) is 27.8 Å². The number of benzene rings is 2. The number of aromatic nitrogens is 3. The number of carbonyl (C=O) groups is 3. The Hall–Kier alpha value is -3.66. The van der Waals surface area contributed by atoms with Crippen LogP contribution in [0.5, 0.6) is 5.75 Å². The van der Waals surface area contributed by atoms with E-state index in [9.17, 15) is 14.4 Å². The zero-order chi connectivity index (χ0) is 21.1. The summed E-state index contributed by atoms with van der Waals surface area (Å²) in [6, 6.07) is 12.2. The first kappa shape index (κ1) is 19.6. The number of fused-ring (bicyclic) bond motifs is 1. The van der Waals surface area contributed by atoms with Gasteiger partial charge in [0, 0.05) is 18.2 Å². The van der Waals surface area contributed by atoms with Gasteiger partial charge in [-0.15, -0.1) is 10.2 Å². The second-order valence-electron chi connectivity index (χ2n) is 6.47. The molecule has 2 amide bonds. The fourth-order valence-electron chi connectivity index (χ4n) is 2.91. The van der Waals surface area contributed by atoms with E-state index >= 15 is 0 Å². The van der Waals surface area contributed by atoms with Crippen molar-refractivity contribution in [1.29, 1.82) is 0 Å². The zero-order valence-corrected chi connectivity index (χ0v) is 16.7. The Morgan fingerprint density at radius 2 is 2.13 bits per heavy atom. The van der Waals surface area contributed by atoms with Crippen molar-refractivity contribution in [3.63, 3.8) is 0 Å². The van der Waals surface area contributed by atoms with Gasteiger partial charge in [-0.25, -0.2) is 0 Å². The van der Waals surface area contributed by atoms with Crippen LogP contribution < -0.4 is 15.4 Å². The number of thioether (sulfide) groups is 1. The smallest absolute Gasteiger partial charge is 0.262 e. The third kappa shape index (κ3) is 4.33. The Morgan fingerprint density at radius 1 is 1.27 bits per heavy atom. The number of amides is 2. The summed E-state index contributed by atoms with van der Waals surface area (Å²) in [5.41, 5.74) is 2.36. The van der Waals surface area contributed by atoms with Gasteiger partial charge < -0.3 is 15.4 Å². The molecule has 30 heavy (non-hydrogen) atoms. The van der Waals surface area contributed by atoms with E-state index in [2.05, 4.69) is 20.8 Å². The summed E-state index contributed by atoms with van der Waals surface area (Å²) < 4.78 is 7.05. The number of hydrogen-bond acceptors (Lipinski definition) is 7. The molecule has 10 heteroatoms. The van der Waals surface area contributed by atoms with Crippen LogP contribution >= 0.6 is 11.8 Å². The molecule has 152 valence electrons. The van der Waals surface area contributed by atoms with Crippen molar-refractivity contribution in [2.24, 2.45) is 0 Å². The van der Waals surface area contributed by atoms with Gasteiger partial charge in [0.1, 0.15) is 12.1 Å². The lowest BCUT2D eigenvalue weighted by molar-refractivity contribution is -0.118. The second-order valence-corrected chi connectivity index (χ2v) is 7.42. The van der Waals surface area contributed by atoms with E-state index in [0.717, 1.165) is 5.69 Å². The van der Waals surface area contributed by atoms with Crippen molar-refractivity contribution in [3.8, 4) is 11.4 Å². The second kappa shape index (κ2) is 8.37. The summed E-state index contributed by atoms with van der Waals surface area (Å²) in [6.07, 6.45) is 1.55. The molecule has 0 atom stereocenters. The molecule has 0 spiro atoms. The number of ether oxygens (including phenoxy) is 1. The van der Waals surface area contributed by atoms with Gasteiger partial charge in [0.05, 0.1) is 17.1 Å². The average molecular weight is 423 g/mol. The summed E-state index contributed by atoms with van der Waals surface area (Å²) >= 11 is 1.24. The molecule has 0 aliphatic carbocycles. The molecule has 0 fully saturated rings.